The second kappa shape index (κ2) is 5.22. The fourth-order valence-electron chi connectivity index (χ4n) is 3.20. The summed E-state index contributed by atoms with van der Waals surface area (Å²) in [4.78, 5) is 13.9. The summed E-state index contributed by atoms with van der Waals surface area (Å²) in [6, 6.07) is 6.68. The molecule has 3 rings (SSSR count). The van der Waals surface area contributed by atoms with E-state index in [1.54, 1.807) is 12.1 Å². The van der Waals surface area contributed by atoms with Gasteiger partial charge in [-0.3, -0.25) is 9.69 Å². The first kappa shape index (κ1) is 13.1. The minimum Gasteiger partial charge on any atom is -0.354 e. The van der Waals surface area contributed by atoms with Crippen LogP contribution in [0.15, 0.2) is 18.2 Å². The Balaban J connectivity index is 1.77. The van der Waals surface area contributed by atoms with Crippen LogP contribution in [0.3, 0.4) is 0 Å². The van der Waals surface area contributed by atoms with E-state index in [2.05, 4.69) is 10.2 Å². The predicted molar refractivity (Wildman–Crippen MR) is 71.0 cm³/mol. The second-order valence-electron chi connectivity index (χ2n) is 5.45. The minimum atomic E-state index is -0.344. The Morgan fingerprint density at radius 1 is 1.50 bits per heavy atom. The number of hydrogen-bond acceptors (Lipinski definition) is 3. The van der Waals surface area contributed by atoms with E-state index in [9.17, 15) is 9.18 Å². The monoisotopic (exact) mass is 273 g/mol. The molecule has 2 fully saturated rings. The summed E-state index contributed by atoms with van der Waals surface area (Å²) in [6.07, 6.45) is 1.88. The first-order valence-electron chi connectivity index (χ1n) is 6.89. The first-order valence-corrected chi connectivity index (χ1v) is 6.89. The van der Waals surface area contributed by atoms with E-state index in [1.807, 2.05) is 6.07 Å². The molecule has 0 aromatic heterocycles. The van der Waals surface area contributed by atoms with Gasteiger partial charge in [0.1, 0.15) is 5.82 Å². The molecule has 104 valence electrons. The van der Waals surface area contributed by atoms with Crippen molar-refractivity contribution in [3.05, 3.63) is 35.1 Å². The summed E-state index contributed by atoms with van der Waals surface area (Å²) in [5, 5.41) is 11.6. The van der Waals surface area contributed by atoms with Gasteiger partial charge >= 0.3 is 0 Å². The molecule has 4 nitrogen and oxygen atoms in total. The molecule has 20 heavy (non-hydrogen) atoms. The van der Waals surface area contributed by atoms with E-state index in [4.69, 9.17) is 5.26 Å². The predicted octanol–water partition coefficient (Wildman–Crippen LogP) is 1.41. The number of likely N-dealkylation sites (tertiary alicyclic amines) is 1. The van der Waals surface area contributed by atoms with E-state index in [0.29, 0.717) is 24.2 Å². The Labute approximate surface area is 117 Å². The number of rotatable bonds is 2. The van der Waals surface area contributed by atoms with Crippen LogP contribution in [-0.4, -0.2) is 29.9 Å². The highest BCUT2D eigenvalue weighted by molar-refractivity contribution is 5.82. The topological polar surface area (TPSA) is 56.1 Å². The molecule has 1 aromatic carbocycles. The van der Waals surface area contributed by atoms with Gasteiger partial charge in [-0.25, -0.2) is 4.39 Å². The highest BCUT2D eigenvalue weighted by Gasteiger charge is 2.40. The highest BCUT2D eigenvalue weighted by atomic mass is 19.1. The number of halogens is 1. The maximum Gasteiger partial charge on any atom is 0.224 e. The summed E-state index contributed by atoms with van der Waals surface area (Å²) in [5.74, 6) is -0.173. The lowest BCUT2D eigenvalue weighted by molar-refractivity contribution is -0.124. The van der Waals surface area contributed by atoms with Crippen LogP contribution in [0.4, 0.5) is 4.39 Å². The molecule has 1 amide bonds. The van der Waals surface area contributed by atoms with Crippen molar-refractivity contribution in [1.29, 1.82) is 5.26 Å². The molecule has 0 bridgehead atoms. The lowest BCUT2D eigenvalue weighted by atomic mass is 9.91. The van der Waals surface area contributed by atoms with Gasteiger partial charge < -0.3 is 5.32 Å². The molecule has 0 saturated carbocycles. The molecule has 0 aliphatic carbocycles. The van der Waals surface area contributed by atoms with Crippen molar-refractivity contribution >= 4 is 5.91 Å². The molecule has 2 unspecified atom stereocenters. The number of hydrogen-bond donors (Lipinski definition) is 1. The van der Waals surface area contributed by atoms with Gasteiger partial charge in [0, 0.05) is 24.7 Å². The van der Waals surface area contributed by atoms with Crippen LogP contribution in [-0.2, 0) is 11.3 Å². The molecule has 2 saturated heterocycles. The lowest BCUT2D eigenvalue weighted by Gasteiger charge is -2.35. The van der Waals surface area contributed by atoms with Crippen LogP contribution in [0.1, 0.15) is 24.0 Å². The Morgan fingerprint density at radius 2 is 2.35 bits per heavy atom. The van der Waals surface area contributed by atoms with Gasteiger partial charge in [-0.1, -0.05) is 6.07 Å². The minimum absolute atomic E-state index is 0.0465. The average Bonchev–Trinajstić information content (AvgIpc) is 2.84. The molecular formula is C15H16FN3O. The van der Waals surface area contributed by atoms with Crippen LogP contribution in [0.25, 0.3) is 0 Å². The van der Waals surface area contributed by atoms with E-state index >= 15 is 0 Å². The highest BCUT2D eigenvalue weighted by Crippen LogP contribution is 2.29. The molecule has 2 atom stereocenters. The second-order valence-corrected chi connectivity index (χ2v) is 5.45. The average molecular weight is 273 g/mol. The molecule has 2 aliphatic heterocycles. The van der Waals surface area contributed by atoms with Gasteiger partial charge in [-0.05, 0) is 31.5 Å². The molecular weight excluding hydrogens is 257 g/mol. The van der Waals surface area contributed by atoms with Gasteiger partial charge in [-0.2, -0.15) is 5.26 Å². The van der Waals surface area contributed by atoms with Crippen molar-refractivity contribution < 1.29 is 9.18 Å². The molecule has 1 N–H and O–H groups in total. The van der Waals surface area contributed by atoms with E-state index in [-0.39, 0.29) is 23.7 Å². The number of amides is 1. The van der Waals surface area contributed by atoms with E-state index in [0.717, 1.165) is 19.4 Å². The van der Waals surface area contributed by atoms with Crippen LogP contribution in [0.5, 0.6) is 0 Å². The summed E-state index contributed by atoms with van der Waals surface area (Å²) in [6.45, 7) is 2.03. The van der Waals surface area contributed by atoms with Crippen molar-refractivity contribution in [3.8, 4) is 6.07 Å². The Morgan fingerprint density at radius 3 is 3.10 bits per heavy atom. The third kappa shape index (κ3) is 2.27. The number of benzene rings is 1. The summed E-state index contributed by atoms with van der Waals surface area (Å²) >= 11 is 0. The van der Waals surface area contributed by atoms with Crippen molar-refractivity contribution in [2.45, 2.75) is 25.4 Å². The SMILES string of the molecule is N#Cc1ccc(CN2CCCC3C(=O)NCC32)c(F)c1. The van der Waals surface area contributed by atoms with Gasteiger partial charge in [-0.15, -0.1) is 0 Å². The number of carbonyl (C=O) groups is 1. The van der Waals surface area contributed by atoms with Crippen molar-refractivity contribution in [2.75, 3.05) is 13.1 Å². The smallest absolute Gasteiger partial charge is 0.224 e. The molecule has 0 radical (unpaired) electrons. The number of nitrogens with zero attached hydrogens (tertiary/aromatic N) is 2. The zero-order chi connectivity index (χ0) is 14.1. The van der Waals surface area contributed by atoms with Gasteiger partial charge in [0.25, 0.3) is 0 Å². The molecule has 2 aliphatic rings. The summed E-state index contributed by atoms with van der Waals surface area (Å²) in [5.41, 5.74) is 0.921. The van der Waals surface area contributed by atoms with Crippen molar-refractivity contribution in [1.82, 2.24) is 10.2 Å². The maximum absolute atomic E-state index is 14.0. The summed E-state index contributed by atoms with van der Waals surface area (Å²) in [7, 11) is 0. The van der Waals surface area contributed by atoms with E-state index < -0.39 is 0 Å². The largest absolute Gasteiger partial charge is 0.354 e. The fourth-order valence-corrected chi connectivity index (χ4v) is 3.20. The zero-order valence-corrected chi connectivity index (χ0v) is 11.1. The van der Waals surface area contributed by atoms with Crippen LogP contribution >= 0.6 is 0 Å². The number of piperidine rings is 1. The molecule has 0 spiro atoms. The fraction of sp³-hybridized carbons (Fsp3) is 0.467. The van der Waals surface area contributed by atoms with Gasteiger partial charge in [0.2, 0.25) is 5.91 Å². The zero-order valence-electron chi connectivity index (χ0n) is 11.1. The Hall–Kier alpha value is -1.93. The van der Waals surface area contributed by atoms with Crippen LogP contribution in [0, 0.1) is 23.1 Å². The Bertz CT molecular complexity index is 581. The number of fused-ring (bicyclic) bond motifs is 1. The molecule has 2 heterocycles. The first-order chi connectivity index (χ1) is 9.69. The number of carbonyl (C=O) groups excluding carboxylic acids is 1. The quantitative estimate of drug-likeness (QED) is 0.886. The third-order valence-corrected chi connectivity index (χ3v) is 4.27. The standard InChI is InChI=1S/C15H16FN3O/c16-13-6-10(7-17)3-4-11(13)9-19-5-1-2-12-14(19)8-18-15(12)20/h3-4,6,12,14H,1-2,5,8-9H2,(H,18,20). The third-order valence-electron chi connectivity index (χ3n) is 4.27. The number of nitriles is 1. The molecule has 5 heteroatoms. The van der Waals surface area contributed by atoms with Crippen LogP contribution < -0.4 is 5.32 Å². The number of nitrogens with one attached hydrogen (secondary N) is 1. The van der Waals surface area contributed by atoms with Crippen molar-refractivity contribution in [3.63, 3.8) is 0 Å². The maximum atomic E-state index is 14.0. The summed E-state index contributed by atoms with van der Waals surface area (Å²) < 4.78 is 14.0. The lowest BCUT2D eigenvalue weighted by Crippen LogP contribution is -2.45. The van der Waals surface area contributed by atoms with Crippen molar-refractivity contribution in [2.24, 2.45) is 5.92 Å². The van der Waals surface area contributed by atoms with Gasteiger partial charge in [0.05, 0.1) is 17.6 Å². The van der Waals surface area contributed by atoms with E-state index in [1.165, 1.54) is 6.07 Å². The Kier molecular flexibility index (Phi) is 3.41. The van der Waals surface area contributed by atoms with Crippen LogP contribution in [0.2, 0.25) is 0 Å². The molecule has 1 aromatic rings. The van der Waals surface area contributed by atoms with Gasteiger partial charge in [0.15, 0.2) is 0 Å². The normalized spacial score (nSPS) is 25.9.